The van der Waals surface area contributed by atoms with Crippen molar-refractivity contribution in [1.29, 1.82) is 0 Å². The van der Waals surface area contributed by atoms with Gasteiger partial charge in [-0.3, -0.25) is 0 Å². The van der Waals surface area contributed by atoms with Crippen molar-refractivity contribution in [3.05, 3.63) is 72.0 Å². The molecule has 1 fully saturated rings. The van der Waals surface area contributed by atoms with Gasteiger partial charge in [-0.2, -0.15) is 4.31 Å². The molecule has 1 saturated heterocycles. The summed E-state index contributed by atoms with van der Waals surface area (Å²) in [5, 5.41) is 8.19. The smallest absolute Gasteiger partial charge is 0.262 e. The van der Waals surface area contributed by atoms with E-state index >= 15 is 0 Å². The van der Waals surface area contributed by atoms with E-state index in [0.29, 0.717) is 37.4 Å². The molecule has 8 heteroatoms. The normalized spacial score (nSPS) is 15.4. The first-order chi connectivity index (χ1) is 13.9. The second-order valence-electron chi connectivity index (χ2n) is 6.95. The minimum Gasteiger partial charge on any atom is -0.369 e. The average molecular weight is 412 g/mol. The third kappa shape index (κ3) is 3.99. The van der Waals surface area contributed by atoms with Gasteiger partial charge < -0.3 is 4.90 Å². The van der Waals surface area contributed by atoms with E-state index in [9.17, 15) is 12.8 Å². The zero-order chi connectivity index (χ0) is 20.4. The van der Waals surface area contributed by atoms with E-state index in [0.717, 1.165) is 11.3 Å². The molecule has 0 atom stereocenters. The van der Waals surface area contributed by atoms with Gasteiger partial charge >= 0.3 is 0 Å². The SMILES string of the molecule is Cc1cc(-c2ccccc2)nnc1S(=O)(=O)N1CCN(c2ccc(F)cc2)CC1. The first-order valence-electron chi connectivity index (χ1n) is 9.35. The van der Waals surface area contributed by atoms with E-state index in [4.69, 9.17) is 0 Å². The van der Waals surface area contributed by atoms with Gasteiger partial charge in [-0.1, -0.05) is 30.3 Å². The molecule has 0 aliphatic carbocycles. The van der Waals surface area contributed by atoms with E-state index < -0.39 is 10.0 Å². The van der Waals surface area contributed by atoms with Crippen LogP contribution < -0.4 is 4.90 Å². The van der Waals surface area contributed by atoms with Crippen LogP contribution in [0.1, 0.15) is 5.56 Å². The van der Waals surface area contributed by atoms with Crippen molar-refractivity contribution in [3.63, 3.8) is 0 Å². The van der Waals surface area contributed by atoms with Crippen LogP contribution in [0.15, 0.2) is 65.7 Å². The molecule has 0 amide bonds. The van der Waals surface area contributed by atoms with E-state index in [1.807, 2.05) is 35.2 Å². The lowest BCUT2D eigenvalue weighted by Crippen LogP contribution is -2.49. The van der Waals surface area contributed by atoms with Crippen molar-refractivity contribution in [1.82, 2.24) is 14.5 Å². The van der Waals surface area contributed by atoms with Gasteiger partial charge in [0, 0.05) is 37.4 Å². The minimum absolute atomic E-state index is 0.00702. The Kier molecular flexibility index (Phi) is 5.29. The number of nitrogens with zero attached hydrogens (tertiary/aromatic N) is 4. The molecular formula is C21H21FN4O2S. The molecule has 2 aromatic carbocycles. The van der Waals surface area contributed by atoms with Crippen LogP contribution in [0.25, 0.3) is 11.3 Å². The highest BCUT2D eigenvalue weighted by Gasteiger charge is 2.31. The standard InChI is InChI=1S/C21H21FN4O2S/c1-16-15-20(17-5-3-2-4-6-17)23-24-21(16)29(27,28)26-13-11-25(12-14-26)19-9-7-18(22)8-10-19/h2-10,15H,11-14H2,1H3. The summed E-state index contributed by atoms with van der Waals surface area (Å²) >= 11 is 0. The number of hydrogen-bond acceptors (Lipinski definition) is 5. The number of aromatic nitrogens is 2. The molecule has 150 valence electrons. The Morgan fingerprint density at radius 1 is 0.897 bits per heavy atom. The number of sulfonamides is 1. The van der Waals surface area contributed by atoms with Crippen LogP contribution in [0.5, 0.6) is 0 Å². The Bertz CT molecular complexity index is 1100. The van der Waals surface area contributed by atoms with Crippen molar-refractivity contribution in [2.75, 3.05) is 31.1 Å². The highest BCUT2D eigenvalue weighted by Crippen LogP contribution is 2.24. The Morgan fingerprint density at radius 3 is 2.17 bits per heavy atom. The van der Waals surface area contributed by atoms with Crippen LogP contribution in [0.3, 0.4) is 0 Å². The van der Waals surface area contributed by atoms with Crippen LogP contribution in [-0.2, 0) is 10.0 Å². The molecule has 29 heavy (non-hydrogen) atoms. The van der Waals surface area contributed by atoms with Crippen LogP contribution in [-0.4, -0.2) is 49.1 Å². The van der Waals surface area contributed by atoms with Gasteiger partial charge in [-0.15, -0.1) is 10.2 Å². The van der Waals surface area contributed by atoms with Crippen LogP contribution in [0, 0.1) is 12.7 Å². The molecule has 0 saturated carbocycles. The Labute approximate surface area is 169 Å². The molecule has 1 aliphatic rings. The second kappa shape index (κ2) is 7.88. The highest BCUT2D eigenvalue weighted by atomic mass is 32.2. The van der Waals surface area contributed by atoms with Gasteiger partial charge in [0.25, 0.3) is 10.0 Å². The molecule has 3 aromatic rings. The summed E-state index contributed by atoms with van der Waals surface area (Å²) in [5.41, 5.74) is 2.98. The predicted octanol–water partition coefficient (Wildman–Crippen LogP) is 3.10. The maximum atomic E-state index is 13.1. The average Bonchev–Trinajstić information content (AvgIpc) is 2.75. The Morgan fingerprint density at radius 2 is 1.55 bits per heavy atom. The van der Waals surface area contributed by atoms with E-state index in [-0.39, 0.29) is 10.8 Å². The lowest BCUT2D eigenvalue weighted by molar-refractivity contribution is 0.382. The Balaban J connectivity index is 1.51. The second-order valence-corrected chi connectivity index (χ2v) is 8.80. The van der Waals surface area contributed by atoms with Crippen molar-refractivity contribution in [2.24, 2.45) is 0 Å². The van der Waals surface area contributed by atoms with Crippen LogP contribution in [0.2, 0.25) is 0 Å². The lowest BCUT2D eigenvalue weighted by atomic mass is 10.1. The molecular weight excluding hydrogens is 391 g/mol. The summed E-state index contributed by atoms with van der Waals surface area (Å²) in [6.45, 7) is 3.46. The summed E-state index contributed by atoms with van der Waals surface area (Å²) < 4.78 is 40.8. The third-order valence-corrected chi connectivity index (χ3v) is 6.96. The van der Waals surface area contributed by atoms with E-state index in [2.05, 4.69) is 10.2 Å². The van der Waals surface area contributed by atoms with Crippen molar-refractivity contribution in [3.8, 4) is 11.3 Å². The number of rotatable bonds is 4. The molecule has 4 rings (SSSR count). The zero-order valence-corrected chi connectivity index (χ0v) is 16.8. The number of halogens is 1. The fourth-order valence-corrected chi connectivity index (χ4v) is 4.94. The number of benzene rings is 2. The van der Waals surface area contributed by atoms with Crippen LogP contribution in [0.4, 0.5) is 10.1 Å². The lowest BCUT2D eigenvalue weighted by Gasteiger charge is -2.35. The molecule has 1 aliphatic heterocycles. The summed E-state index contributed by atoms with van der Waals surface area (Å²) in [6, 6.07) is 17.5. The fourth-order valence-electron chi connectivity index (χ4n) is 3.44. The molecule has 1 aromatic heterocycles. The number of hydrogen-bond donors (Lipinski definition) is 0. The maximum absolute atomic E-state index is 13.1. The quantitative estimate of drug-likeness (QED) is 0.659. The molecule has 0 bridgehead atoms. The van der Waals surface area contributed by atoms with Gasteiger partial charge in [0.05, 0.1) is 5.69 Å². The number of anilines is 1. The van der Waals surface area contributed by atoms with E-state index in [1.54, 1.807) is 25.1 Å². The molecule has 6 nitrogen and oxygen atoms in total. The maximum Gasteiger partial charge on any atom is 0.262 e. The summed E-state index contributed by atoms with van der Waals surface area (Å²) in [4.78, 5) is 2.04. The summed E-state index contributed by atoms with van der Waals surface area (Å²) in [7, 11) is -3.73. The highest BCUT2D eigenvalue weighted by molar-refractivity contribution is 7.89. The molecule has 0 unspecified atom stereocenters. The topological polar surface area (TPSA) is 66.4 Å². The first kappa shape index (κ1) is 19.5. The summed E-state index contributed by atoms with van der Waals surface area (Å²) in [5.74, 6) is -0.289. The van der Waals surface area contributed by atoms with Gasteiger partial charge in [0.1, 0.15) is 5.82 Å². The van der Waals surface area contributed by atoms with Gasteiger partial charge in [-0.05, 0) is 42.8 Å². The predicted molar refractivity (Wildman–Crippen MR) is 110 cm³/mol. The van der Waals surface area contributed by atoms with Crippen molar-refractivity contribution in [2.45, 2.75) is 11.9 Å². The molecule has 2 heterocycles. The van der Waals surface area contributed by atoms with Crippen molar-refractivity contribution >= 4 is 15.7 Å². The van der Waals surface area contributed by atoms with Gasteiger partial charge in [0.2, 0.25) is 0 Å². The number of aryl methyl sites for hydroxylation is 1. The zero-order valence-electron chi connectivity index (χ0n) is 16.0. The largest absolute Gasteiger partial charge is 0.369 e. The molecule has 0 spiro atoms. The van der Waals surface area contributed by atoms with Gasteiger partial charge in [-0.25, -0.2) is 12.8 Å². The fraction of sp³-hybridized carbons (Fsp3) is 0.238. The Hall–Kier alpha value is -2.84. The third-order valence-electron chi connectivity index (χ3n) is 5.02. The van der Waals surface area contributed by atoms with Crippen molar-refractivity contribution < 1.29 is 12.8 Å². The summed E-state index contributed by atoms with van der Waals surface area (Å²) in [6.07, 6.45) is 0. The van der Waals surface area contributed by atoms with E-state index in [1.165, 1.54) is 16.4 Å². The minimum atomic E-state index is -3.73. The number of piperazine rings is 1. The van der Waals surface area contributed by atoms with Crippen LogP contribution >= 0.6 is 0 Å². The molecule has 0 radical (unpaired) electrons. The monoisotopic (exact) mass is 412 g/mol. The van der Waals surface area contributed by atoms with Gasteiger partial charge in [0.15, 0.2) is 5.03 Å². The first-order valence-corrected chi connectivity index (χ1v) is 10.8. The molecule has 0 N–H and O–H groups in total.